The maximum Gasteiger partial charge on any atom is 0.0747 e. The van der Waals surface area contributed by atoms with E-state index < -0.39 is 0 Å². The van der Waals surface area contributed by atoms with Gasteiger partial charge in [0.1, 0.15) is 0 Å². The Kier molecular flexibility index (Phi) is 2.29. The van der Waals surface area contributed by atoms with Crippen LogP contribution in [0, 0.1) is 0 Å². The minimum Gasteiger partial charge on any atom is -0.391 e. The second-order valence-corrected chi connectivity index (χ2v) is 4.70. The van der Waals surface area contributed by atoms with Gasteiger partial charge in [-0.3, -0.25) is 0 Å². The van der Waals surface area contributed by atoms with Crippen LogP contribution in [0.3, 0.4) is 0 Å². The van der Waals surface area contributed by atoms with Gasteiger partial charge in [-0.25, -0.2) is 0 Å². The fraction of sp³-hybridized carbons (Fsp3) is 0.667. The maximum atomic E-state index is 9.89. The highest BCUT2D eigenvalue weighted by Gasteiger charge is 2.30. The summed E-state index contributed by atoms with van der Waals surface area (Å²) in [5.74, 6) is 0. The zero-order valence-electron chi connectivity index (χ0n) is 8.92. The van der Waals surface area contributed by atoms with Gasteiger partial charge in [0.15, 0.2) is 0 Å². The maximum absolute atomic E-state index is 9.89. The van der Waals surface area contributed by atoms with E-state index in [-0.39, 0.29) is 12.1 Å². The van der Waals surface area contributed by atoms with Crippen LogP contribution in [0.4, 0.5) is 0 Å². The summed E-state index contributed by atoms with van der Waals surface area (Å²) in [5, 5.41) is 13.3. The average molecular weight is 206 g/mol. The molecule has 1 aliphatic carbocycles. The number of aryl methyl sites for hydroxylation is 1. The van der Waals surface area contributed by atoms with Gasteiger partial charge in [0.05, 0.1) is 12.1 Å². The van der Waals surface area contributed by atoms with Crippen molar-refractivity contribution in [3.8, 4) is 0 Å². The molecular weight excluding hydrogens is 188 g/mol. The third kappa shape index (κ3) is 1.50. The topological polar surface area (TPSA) is 48.0 Å². The van der Waals surface area contributed by atoms with Crippen molar-refractivity contribution in [3.63, 3.8) is 0 Å². The van der Waals surface area contributed by atoms with Gasteiger partial charge < -0.3 is 15.4 Å². The number of aromatic amines is 1. The van der Waals surface area contributed by atoms with Crippen molar-refractivity contribution in [2.24, 2.45) is 0 Å². The van der Waals surface area contributed by atoms with Crippen LogP contribution in [-0.4, -0.2) is 22.7 Å². The molecule has 0 bridgehead atoms. The predicted molar refractivity (Wildman–Crippen MR) is 58.8 cm³/mol. The molecule has 3 N–H and O–H groups in total. The number of rotatable bonds is 1. The molecule has 82 valence electrons. The van der Waals surface area contributed by atoms with Gasteiger partial charge in [0.25, 0.3) is 0 Å². The summed E-state index contributed by atoms with van der Waals surface area (Å²) in [6.45, 7) is 0.936. The van der Waals surface area contributed by atoms with Gasteiger partial charge >= 0.3 is 0 Å². The molecule has 1 saturated heterocycles. The Morgan fingerprint density at radius 1 is 1.27 bits per heavy atom. The molecular formula is C12H18N2O. The Morgan fingerprint density at radius 2 is 2.13 bits per heavy atom. The van der Waals surface area contributed by atoms with Crippen molar-refractivity contribution < 1.29 is 5.11 Å². The number of nitrogens with one attached hydrogen (secondary N) is 2. The first kappa shape index (κ1) is 9.43. The molecule has 3 heteroatoms. The van der Waals surface area contributed by atoms with Crippen molar-refractivity contribution in [3.05, 3.63) is 23.0 Å². The summed E-state index contributed by atoms with van der Waals surface area (Å²) in [6, 6.07) is 0.170. The number of fused-ring (bicyclic) bond motifs is 1. The first-order chi connectivity index (χ1) is 7.36. The molecule has 1 aromatic heterocycles. The van der Waals surface area contributed by atoms with Gasteiger partial charge in [0.2, 0.25) is 0 Å². The number of aliphatic hydroxyl groups is 1. The van der Waals surface area contributed by atoms with Crippen LogP contribution >= 0.6 is 0 Å². The van der Waals surface area contributed by atoms with E-state index in [1.54, 1.807) is 0 Å². The molecule has 2 unspecified atom stereocenters. The molecule has 0 spiro atoms. The second-order valence-electron chi connectivity index (χ2n) is 4.70. The number of hydrogen-bond acceptors (Lipinski definition) is 2. The molecule has 2 heterocycles. The van der Waals surface area contributed by atoms with E-state index in [2.05, 4.69) is 16.5 Å². The zero-order chi connectivity index (χ0) is 10.3. The Labute approximate surface area is 89.9 Å². The van der Waals surface area contributed by atoms with Crippen LogP contribution in [-0.2, 0) is 12.8 Å². The molecule has 2 atom stereocenters. The van der Waals surface area contributed by atoms with Crippen LogP contribution in [0.15, 0.2) is 6.20 Å². The van der Waals surface area contributed by atoms with E-state index in [4.69, 9.17) is 0 Å². The summed E-state index contributed by atoms with van der Waals surface area (Å²) in [7, 11) is 0. The molecule has 2 aliphatic rings. The number of hydrogen-bond donors (Lipinski definition) is 3. The van der Waals surface area contributed by atoms with E-state index in [0.717, 1.165) is 13.0 Å². The van der Waals surface area contributed by atoms with Crippen LogP contribution < -0.4 is 5.32 Å². The Hall–Kier alpha value is -0.800. The van der Waals surface area contributed by atoms with Crippen molar-refractivity contribution in [1.82, 2.24) is 10.3 Å². The van der Waals surface area contributed by atoms with Crippen molar-refractivity contribution in [2.45, 2.75) is 44.2 Å². The monoisotopic (exact) mass is 206 g/mol. The lowest BCUT2D eigenvalue weighted by molar-refractivity contribution is 0.160. The van der Waals surface area contributed by atoms with E-state index in [0.29, 0.717) is 0 Å². The smallest absolute Gasteiger partial charge is 0.0747 e. The summed E-state index contributed by atoms with van der Waals surface area (Å²) >= 11 is 0. The van der Waals surface area contributed by atoms with Gasteiger partial charge in [-0.2, -0.15) is 0 Å². The van der Waals surface area contributed by atoms with Crippen molar-refractivity contribution in [2.75, 3.05) is 6.54 Å². The van der Waals surface area contributed by atoms with E-state index in [9.17, 15) is 5.11 Å². The van der Waals surface area contributed by atoms with Gasteiger partial charge in [-0.05, 0) is 49.8 Å². The lowest BCUT2D eigenvalue weighted by Gasteiger charge is -2.18. The highest BCUT2D eigenvalue weighted by atomic mass is 16.3. The first-order valence-corrected chi connectivity index (χ1v) is 5.97. The summed E-state index contributed by atoms with van der Waals surface area (Å²) in [5.41, 5.74) is 4.19. The summed E-state index contributed by atoms with van der Waals surface area (Å²) in [4.78, 5) is 3.37. The second kappa shape index (κ2) is 3.65. The fourth-order valence-corrected chi connectivity index (χ4v) is 2.92. The molecule has 0 saturated carbocycles. The van der Waals surface area contributed by atoms with Crippen LogP contribution in [0.1, 0.15) is 42.1 Å². The lowest BCUT2D eigenvalue weighted by Crippen LogP contribution is -2.22. The molecule has 15 heavy (non-hydrogen) atoms. The van der Waals surface area contributed by atoms with E-state index in [1.165, 1.54) is 42.5 Å². The Bertz CT molecular complexity index is 359. The molecule has 1 aromatic rings. The average Bonchev–Trinajstić information content (AvgIpc) is 2.83. The molecule has 0 radical (unpaired) electrons. The Morgan fingerprint density at radius 3 is 2.93 bits per heavy atom. The fourth-order valence-electron chi connectivity index (χ4n) is 2.92. The molecule has 1 aliphatic heterocycles. The molecule has 3 rings (SSSR count). The number of H-pyrrole nitrogens is 1. The van der Waals surface area contributed by atoms with E-state index in [1.807, 2.05) is 0 Å². The quantitative estimate of drug-likeness (QED) is 0.648. The normalized spacial score (nSPS) is 30.5. The Balaban J connectivity index is 1.94. The van der Waals surface area contributed by atoms with Gasteiger partial charge in [-0.15, -0.1) is 0 Å². The number of aromatic nitrogens is 1. The number of aliphatic hydroxyl groups excluding tert-OH is 1. The third-order valence-corrected chi connectivity index (χ3v) is 3.74. The van der Waals surface area contributed by atoms with Crippen LogP contribution in [0.5, 0.6) is 0 Å². The standard InChI is InChI=1S/C12H18N2O/c15-11-5-6-13-12(11)9-7-14-10-4-2-1-3-8(9)10/h7,11-15H,1-6H2. The molecule has 0 aromatic carbocycles. The van der Waals surface area contributed by atoms with Crippen molar-refractivity contribution >= 4 is 0 Å². The minimum atomic E-state index is -0.202. The van der Waals surface area contributed by atoms with E-state index >= 15 is 0 Å². The minimum absolute atomic E-state index is 0.170. The first-order valence-electron chi connectivity index (χ1n) is 5.97. The summed E-state index contributed by atoms with van der Waals surface area (Å²) in [6.07, 6.45) is 7.73. The van der Waals surface area contributed by atoms with Crippen LogP contribution in [0.2, 0.25) is 0 Å². The highest BCUT2D eigenvalue weighted by molar-refractivity contribution is 5.36. The zero-order valence-corrected chi connectivity index (χ0v) is 8.92. The summed E-state index contributed by atoms with van der Waals surface area (Å²) < 4.78 is 0. The van der Waals surface area contributed by atoms with Crippen LogP contribution in [0.25, 0.3) is 0 Å². The SMILES string of the molecule is OC1CCNC1c1c[nH]c2c1CCCC2. The third-order valence-electron chi connectivity index (χ3n) is 3.74. The van der Waals surface area contributed by atoms with Gasteiger partial charge in [0, 0.05) is 11.9 Å². The molecule has 1 fully saturated rings. The molecule has 3 nitrogen and oxygen atoms in total. The largest absolute Gasteiger partial charge is 0.391 e. The lowest BCUT2D eigenvalue weighted by atomic mass is 9.91. The van der Waals surface area contributed by atoms with Crippen molar-refractivity contribution in [1.29, 1.82) is 0 Å². The molecule has 0 amide bonds. The highest BCUT2D eigenvalue weighted by Crippen LogP contribution is 2.32. The predicted octanol–water partition coefficient (Wildman–Crippen LogP) is 1.29. The van der Waals surface area contributed by atoms with Gasteiger partial charge in [-0.1, -0.05) is 0 Å².